The Hall–Kier alpha value is -2.60. The molecule has 2 aromatic carbocycles. The van der Waals surface area contributed by atoms with Crippen molar-refractivity contribution in [2.45, 2.75) is 20.0 Å². The highest BCUT2D eigenvalue weighted by Crippen LogP contribution is 2.32. The molecule has 1 aliphatic rings. The number of aryl methyl sites for hydroxylation is 1. The third-order valence-electron chi connectivity index (χ3n) is 3.44. The predicted octanol–water partition coefficient (Wildman–Crippen LogP) is 1.38. The van der Waals surface area contributed by atoms with E-state index in [1.165, 1.54) is 0 Å². The van der Waals surface area contributed by atoms with Gasteiger partial charge in [0.15, 0.2) is 11.5 Å². The van der Waals surface area contributed by atoms with E-state index in [4.69, 9.17) is 19.0 Å². The van der Waals surface area contributed by atoms with Crippen molar-refractivity contribution in [1.29, 1.82) is 0 Å². The molecule has 0 aliphatic carbocycles. The fourth-order valence-corrected chi connectivity index (χ4v) is 2.27. The van der Waals surface area contributed by atoms with E-state index < -0.39 is 7.12 Å². The molecule has 2 aromatic rings. The highest BCUT2D eigenvalue weighted by Gasteiger charge is 2.27. The maximum atomic E-state index is 9.93. The standard InChI is InChI=1S/C15H15BO4.CO2/c1-2-10-3-6-15(14(17)7-10)20-12-4-5-13-11(8-12)9-19-16(13)18;2-1-3/h3-8,17-18H,2,9H2,1H3;. The second-order valence-electron chi connectivity index (χ2n) is 4.87. The minimum absolute atomic E-state index is 0.126. The lowest BCUT2D eigenvalue weighted by Gasteiger charge is -2.10. The van der Waals surface area contributed by atoms with Gasteiger partial charge in [-0.2, -0.15) is 9.59 Å². The number of hydrogen-bond donors (Lipinski definition) is 2. The first-order chi connectivity index (χ1) is 11.1. The summed E-state index contributed by atoms with van der Waals surface area (Å²) in [6, 6.07) is 10.7. The summed E-state index contributed by atoms with van der Waals surface area (Å²) in [6.07, 6.45) is 1.11. The maximum absolute atomic E-state index is 9.93. The molecule has 0 fully saturated rings. The van der Waals surface area contributed by atoms with E-state index in [0.29, 0.717) is 18.1 Å². The van der Waals surface area contributed by atoms with Gasteiger partial charge in [0.1, 0.15) is 5.75 Å². The molecule has 23 heavy (non-hydrogen) atoms. The molecule has 0 amide bonds. The van der Waals surface area contributed by atoms with Gasteiger partial charge in [-0.3, -0.25) is 0 Å². The number of phenols is 1. The van der Waals surface area contributed by atoms with E-state index in [1.54, 1.807) is 24.3 Å². The Balaban J connectivity index is 0.000000595. The van der Waals surface area contributed by atoms with Crippen LogP contribution in [-0.2, 0) is 27.3 Å². The summed E-state index contributed by atoms with van der Waals surface area (Å²) in [5.41, 5.74) is 2.72. The average Bonchev–Trinajstić information content (AvgIpc) is 2.91. The molecule has 3 rings (SSSR count). The zero-order chi connectivity index (χ0) is 16.8. The van der Waals surface area contributed by atoms with Crippen LogP contribution in [0.25, 0.3) is 0 Å². The van der Waals surface area contributed by atoms with Crippen molar-refractivity contribution < 1.29 is 29.1 Å². The summed E-state index contributed by atoms with van der Waals surface area (Å²) in [5, 5.41) is 19.5. The van der Waals surface area contributed by atoms with E-state index in [0.717, 1.165) is 23.0 Å². The SMILES string of the molecule is CCc1ccc(Oc2ccc3c(c2)COB3O)c(O)c1.O=C=O. The Bertz CT molecular complexity index is 725. The van der Waals surface area contributed by atoms with Crippen LogP contribution in [0.2, 0.25) is 0 Å². The molecular weight excluding hydrogens is 299 g/mol. The number of fused-ring (bicyclic) bond motifs is 1. The molecule has 0 aromatic heterocycles. The molecule has 0 atom stereocenters. The summed E-state index contributed by atoms with van der Waals surface area (Å²) in [6.45, 7) is 2.40. The van der Waals surface area contributed by atoms with Crippen molar-refractivity contribution in [3.63, 3.8) is 0 Å². The summed E-state index contributed by atoms with van der Waals surface area (Å²) in [7, 11) is -0.851. The van der Waals surface area contributed by atoms with E-state index in [1.807, 2.05) is 19.1 Å². The molecule has 0 radical (unpaired) electrons. The van der Waals surface area contributed by atoms with Crippen LogP contribution in [0.15, 0.2) is 36.4 Å². The normalized spacial score (nSPS) is 12.0. The van der Waals surface area contributed by atoms with Crippen molar-refractivity contribution >= 4 is 18.7 Å². The fourth-order valence-electron chi connectivity index (χ4n) is 2.27. The monoisotopic (exact) mass is 314 g/mol. The van der Waals surface area contributed by atoms with E-state index in [-0.39, 0.29) is 11.9 Å². The van der Waals surface area contributed by atoms with Gasteiger partial charge in [0.2, 0.25) is 0 Å². The molecule has 0 unspecified atom stereocenters. The summed E-state index contributed by atoms with van der Waals surface area (Å²) in [4.78, 5) is 16.2. The highest BCUT2D eigenvalue weighted by atomic mass is 16.5. The lowest BCUT2D eigenvalue weighted by molar-refractivity contribution is -0.191. The van der Waals surface area contributed by atoms with Crippen molar-refractivity contribution in [2.24, 2.45) is 0 Å². The Morgan fingerprint density at radius 3 is 2.65 bits per heavy atom. The van der Waals surface area contributed by atoms with Gasteiger partial charge in [0.25, 0.3) is 0 Å². The lowest BCUT2D eigenvalue weighted by Crippen LogP contribution is -2.27. The van der Waals surface area contributed by atoms with Gasteiger partial charge in [0, 0.05) is 0 Å². The van der Waals surface area contributed by atoms with E-state index in [9.17, 15) is 10.1 Å². The van der Waals surface area contributed by atoms with Crippen molar-refractivity contribution in [3.05, 3.63) is 47.5 Å². The van der Waals surface area contributed by atoms with Crippen molar-refractivity contribution in [3.8, 4) is 17.2 Å². The summed E-state index contributed by atoms with van der Waals surface area (Å²) < 4.78 is 10.8. The molecule has 6 nitrogen and oxygen atoms in total. The number of ether oxygens (including phenoxy) is 1. The van der Waals surface area contributed by atoms with Gasteiger partial charge in [0.05, 0.1) is 6.61 Å². The van der Waals surface area contributed by atoms with Crippen molar-refractivity contribution in [1.82, 2.24) is 0 Å². The van der Waals surface area contributed by atoms with Crippen LogP contribution >= 0.6 is 0 Å². The molecule has 1 heterocycles. The van der Waals surface area contributed by atoms with Gasteiger partial charge in [-0.1, -0.05) is 19.1 Å². The molecule has 7 heteroatoms. The van der Waals surface area contributed by atoms with Crippen LogP contribution < -0.4 is 10.2 Å². The number of benzene rings is 2. The Labute approximate surface area is 133 Å². The molecule has 2 N–H and O–H groups in total. The van der Waals surface area contributed by atoms with Crippen LogP contribution in [-0.4, -0.2) is 23.4 Å². The van der Waals surface area contributed by atoms with Gasteiger partial charge in [-0.25, -0.2) is 0 Å². The maximum Gasteiger partial charge on any atom is 0.491 e. The van der Waals surface area contributed by atoms with Crippen LogP contribution in [0.1, 0.15) is 18.1 Å². The average molecular weight is 314 g/mol. The fraction of sp³-hybridized carbons (Fsp3) is 0.188. The Morgan fingerprint density at radius 2 is 2.00 bits per heavy atom. The molecule has 118 valence electrons. The number of rotatable bonds is 3. The topological polar surface area (TPSA) is 93.1 Å². The van der Waals surface area contributed by atoms with Gasteiger partial charge < -0.3 is 19.5 Å². The number of aromatic hydroxyl groups is 1. The van der Waals surface area contributed by atoms with Crippen LogP contribution in [0.4, 0.5) is 0 Å². The third kappa shape index (κ3) is 3.99. The molecule has 0 saturated heterocycles. The number of hydrogen-bond acceptors (Lipinski definition) is 6. The second kappa shape index (κ2) is 7.60. The molecule has 0 saturated carbocycles. The lowest BCUT2D eigenvalue weighted by atomic mass is 9.80. The third-order valence-corrected chi connectivity index (χ3v) is 3.44. The Morgan fingerprint density at radius 1 is 1.26 bits per heavy atom. The van der Waals surface area contributed by atoms with Gasteiger partial charge in [-0.15, -0.1) is 0 Å². The first-order valence-corrected chi connectivity index (χ1v) is 7.00. The largest absolute Gasteiger partial charge is 0.504 e. The van der Waals surface area contributed by atoms with Crippen molar-refractivity contribution in [2.75, 3.05) is 0 Å². The minimum atomic E-state index is -0.851. The zero-order valence-electron chi connectivity index (χ0n) is 12.5. The minimum Gasteiger partial charge on any atom is -0.504 e. The first-order valence-electron chi connectivity index (χ1n) is 7.00. The number of carbonyl (C=O) groups excluding carboxylic acids is 2. The molecule has 0 spiro atoms. The van der Waals surface area contributed by atoms with Gasteiger partial charge in [-0.05, 0) is 47.3 Å². The second-order valence-corrected chi connectivity index (χ2v) is 4.87. The Kier molecular flexibility index (Phi) is 5.54. The predicted molar refractivity (Wildman–Crippen MR) is 81.4 cm³/mol. The number of phenolic OH excluding ortho intramolecular Hbond substituents is 1. The summed E-state index contributed by atoms with van der Waals surface area (Å²) in [5.74, 6) is 1.16. The highest BCUT2D eigenvalue weighted by molar-refractivity contribution is 6.61. The van der Waals surface area contributed by atoms with E-state index in [2.05, 4.69) is 0 Å². The molecule has 1 aliphatic heterocycles. The molecule has 0 bridgehead atoms. The smallest absolute Gasteiger partial charge is 0.491 e. The van der Waals surface area contributed by atoms with Crippen LogP contribution in [0, 0.1) is 0 Å². The summed E-state index contributed by atoms with van der Waals surface area (Å²) >= 11 is 0. The van der Waals surface area contributed by atoms with Crippen LogP contribution in [0.5, 0.6) is 17.2 Å². The van der Waals surface area contributed by atoms with Crippen LogP contribution in [0.3, 0.4) is 0 Å². The molecular formula is C16H15BO6. The van der Waals surface area contributed by atoms with E-state index >= 15 is 0 Å². The zero-order valence-corrected chi connectivity index (χ0v) is 12.5. The first kappa shape index (κ1) is 16.8. The quantitative estimate of drug-likeness (QED) is 0.832. The van der Waals surface area contributed by atoms with Gasteiger partial charge >= 0.3 is 13.3 Å².